The van der Waals surface area contributed by atoms with Gasteiger partial charge in [0, 0.05) is 24.0 Å². The number of hydrogen-bond acceptors (Lipinski definition) is 4. The van der Waals surface area contributed by atoms with Crippen molar-refractivity contribution in [3.63, 3.8) is 0 Å². The van der Waals surface area contributed by atoms with E-state index in [9.17, 15) is 4.79 Å². The van der Waals surface area contributed by atoms with Gasteiger partial charge in [0.2, 0.25) is 5.91 Å². The lowest BCUT2D eigenvalue weighted by molar-refractivity contribution is -0.120. The van der Waals surface area contributed by atoms with Gasteiger partial charge in [0.25, 0.3) is 0 Å². The van der Waals surface area contributed by atoms with Crippen molar-refractivity contribution in [3.8, 4) is 0 Å². The molecule has 0 fully saturated rings. The zero-order valence-corrected chi connectivity index (χ0v) is 12.1. The Morgan fingerprint density at radius 3 is 2.95 bits per heavy atom. The molecule has 2 aromatic rings. The number of nitrogens with one attached hydrogen (secondary N) is 1. The zero-order valence-electron chi connectivity index (χ0n) is 11.4. The summed E-state index contributed by atoms with van der Waals surface area (Å²) in [5.74, 6) is -0.275. The summed E-state index contributed by atoms with van der Waals surface area (Å²) in [5, 5.41) is 3.09. The molecule has 1 amide bonds. The fourth-order valence-electron chi connectivity index (χ4n) is 1.71. The molecule has 2 rings (SSSR count). The highest BCUT2D eigenvalue weighted by Crippen LogP contribution is 2.23. The fourth-order valence-corrected chi connectivity index (χ4v) is 1.88. The van der Waals surface area contributed by atoms with Crippen molar-refractivity contribution in [2.24, 2.45) is 0 Å². The quantitative estimate of drug-likeness (QED) is 0.635. The van der Waals surface area contributed by atoms with Gasteiger partial charge in [-0.05, 0) is 30.3 Å². The number of amides is 1. The van der Waals surface area contributed by atoms with Crippen LogP contribution in [0.25, 0.3) is 0 Å². The third-order valence-corrected chi connectivity index (χ3v) is 3.06. The minimum Gasteiger partial charge on any atom is -0.399 e. The van der Waals surface area contributed by atoms with E-state index in [0.717, 1.165) is 5.69 Å². The summed E-state index contributed by atoms with van der Waals surface area (Å²) in [5.41, 5.74) is 7.58. The number of anilines is 2. The molecule has 0 saturated carbocycles. The summed E-state index contributed by atoms with van der Waals surface area (Å²) >= 11 is 5.96. The molecule has 0 bridgehead atoms. The first-order chi connectivity index (χ1) is 10.1. The van der Waals surface area contributed by atoms with Crippen LogP contribution in [0.4, 0.5) is 11.4 Å². The van der Waals surface area contributed by atoms with Crippen LogP contribution in [-0.2, 0) is 16.0 Å². The smallest absolute Gasteiger partial charge is 0.250 e. The predicted octanol–water partition coefficient (Wildman–Crippen LogP) is 2.52. The molecule has 1 heterocycles. The van der Waals surface area contributed by atoms with E-state index in [2.05, 4.69) is 10.3 Å². The van der Waals surface area contributed by atoms with Crippen LogP contribution in [0.2, 0.25) is 5.02 Å². The standard InChI is InChI=1S/C15H16ClN3O2/c16-13-5-4-11(17)9-14(13)19-15(20)10-21-8-6-12-3-1-2-7-18-12/h1-5,7,9H,6,8,10,17H2,(H,19,20). The van der Waals surface area contributed by atoms with E-state index in [-0.39, 0.29) is 12.5 Å². The lowest BCUT2D eigenvalue weighted by Gasteiger charge is -2.08. The maximum atomic E-state index is 11.7. The average molecular weight is 306 g/mol. The van der Waals surface area contributed by atoms with E-state index in [0.29, 0.717) is 29.4 Å². The molecular formula is C15H16ClN3O2. The topological polar surface area (TPSA) is 77.2 Å². The van der Waals surface area contributed by atoms with E-state index >= 15 is 0 Å². The number of halogens is 1. The van der Waals surface area contributed by atoms with Crippen molar-refractivity contribution in [1.29, 1.82) is 0 Å². The number of pyridine rings is 1. The van der Waals surface area contributed by atoms with Crippen molar-refractivity contribution in [2.45, 2.75) is 6.42 Å². The third-order valence-electron chi connectivity index (χ3n) is 2.73. The van der Waals surface area contributed by atoms with Crippen molar-refractivity contribution < 1.29 is 9.53 Å². The van der Waals surface area contributed by atoms with Crippen LogP contribution in [0.3, 0.4) is 0 Å². The molecule has 5 nitrogen and oxygen atoms in total. The van der Waals surface area contributed by atoms with E-state index < -0.39 is 0 Å². The molecule has 6 heteroatoms. The van der Waals surface area contributed by atoms with E-state index in [4.69, 9.17) is 22.1 Å². The molecule has 0 aliphatic heterocycles. The van der Waals surface area contributed by atoms with Crippen LogP contribution in [0.15, 0.2) is 42.6 Å². The van der Waals surface area contributed by atoms with Crippen LogP contribution >= 0.6 is 11.6 Å². The van der Waals surface area contributed by atoms with Crippen LogP contribution in [-0.4, -0.2) is 24.1 Å². The van der Waals surface area contributed by atoms with Gasteiger partial charge in [-0.15, -0.1) is 0 Å². The molecule has 21 heavy (non-hydrogen) atoms. The Labute approximate surface area is 128 Å². The monoisotopic (exact) mass is 305 g/mol. The molecule has 0 atom stereocenters. The molecule has 0 aliphatic rings. The molecular weight excluding hydrogens is 290 g/mol. The first-order valence-electron chi connectivity index (χ1n) is 6.47. The van der Waals surface area contributed by atoms with Gasteiger partial charge in [-0.2, -0.15) is 0 Å². The number of carbonyl (C=O) groups excluding carboxylic acids is 1. The second-order valence-corrected chi connectivity index (χ2v) is 4.82. The van der Waals surface area contributed by atoms with Crippen LogP contribution in [0.1, 0.15) is 5.69 Å². The van der Waals surface area contributed by atoms with Crippen molar-refractivity contribution >= 4 is 28.9 Å². The number of nitrogen functional groups attached to an aromatic ring is 1. The Balaban J connectivity index is 1.74. The molecule has 0 aliphatic carbocycles. The first-order valence-corrected chi connectivity index (χ1v) is 6.85. The highest BCUT2D eigenvalue weighted by molar-refractivity contribution is 6.33. The molecule has 0 radical (unpaired) electrons. The van der Waals surface area contributed by atoms with E-state index in [1.807, 2.05) is 18.2 Å². The number of aromatic nitrogens is 1. The average Bonchev–Trinajstić information content (AvgIpc) is 2.48. The van der Waals surface area contributed by atoms with Gasteiger partial charge in [-0.1, -0.05) is 17.7 Å². The summed E-state index contributed by atoms with van der Waals surface area (Å²) in [7, 11) is 0. The summed E-state index contributed by atoms with van der Waals surface area (Å²) in [6, 6.07) is 10.6. The predicted molar refractivity (Wildman–Crippen MR) is 83.3 cm³/mol. The summed E-state index contributed by atoms with van der Waals surface area (Å²) in [6.07, 6.45) is 2.39. The van der Waals surface area contributed by atoms with Gasteiger partial charge < -0.3 is 15.8 Å². The van der Waals surface area contributed by atoms with Crippen molar-refractivity contribution in [2.75, 3.05) is 24.3 Å². The van der Waals surface area contributed by atoms with Gasteiger partial charge >= 0.3 is 0 Å². The van der Waals surface area contributed by atoms with E-state index in [1.165, 1.54) is 0 Å². The molecule has 1 aromatic carbocycles. The minimum absolute atomic E-state index is 0.0437. The van der Waals surface area contributed by atoms with Gasteiger partial charge in [0.05, 0.1) is 17.3 Å². The van der Waals surface area contributed by atoms with Gasteiger partial charge in [0.1, 0.15) is 6.61 Å². The van der Waals surface area contributed by atoms with Gasteiger partial charge in [-0.25, -0.2) is 0 Å². The van der Waals surface area contributed by atoms with E-state index in [1.54, 1.807) is 24.4 Å². The molecule has 110 valence electrons. The highest BCUT2D eigenvalue weighted by atomic mass is 35.5. The maximum absolute atomic E-state index is 11.7. The number of rotatable bonds is 6. The second-order valence-electron chi connectivity index (χ2n) is 4.41. The zero-order chi connectivity index (χ0) is 15.1. The lowest BCUT2D eigenvalue weighted by atomic mass is 10.3. The molecule has 1 aromatic heterocycles. The minimum atomic E-state index is -0.275. The number of nitrogens with two attached hydrogens (primary N) is 1. The maximum Gasteiger partial charge on any atom is 0.250 e. The Morgan fingerprint density at radius 2 is 2.19 bits per heavy atom. The SMILES string of the molecule is Nc1ccc(Cl)c(NC(=O)COCCc2ccccn2)c1. The summed E-state index contributed by atoms with van der Waals surface area (Å²) < 4.78 is 5.32. The summed E-state index contributed by atoms with van der Waals surface area (Å²) in [4.78, 5) is 15.9. The number of ether oxygens (including phenoxy) is 1. The van der Waals surface area contributed by atoms with Crippen LogP contribution < -0.4 is 11.1 Å². The Hall–Kier alpha value is -2.11. The van der Waals surface area contributed by atoms with Crippen LogP contribution in [0.5, 0.6) is 0 Å². The number of hydrogen-bond donors (Lipinski definition) is 2. The molecule has 0 saturated heterocycles. The third kappa shape index (κ3) is 5.06. The Bertz CT molecular complexity index is 605. The number of nitrogens with zero attached hydrogens (tertiary/aromatic N) is 1. The Morgan fingerprint density at radius 1 is 1.33 bits per heavy atom. The van der Waals surface area contributed by atoms with Crippen molar-refractivity contribution in [3.05, 3.63) is 53.3 Å². The highest BCUT2D eigenvalue weighted by Gasteiger charge is 2.06. The lowest BCUT2D eigenvalue weighted by Crippen LogP contribution is -2.19. The molecule has 0 spiro atoms. The normalized spacial score (nSPS) is 10.3. The van der Waals surface area contributed by atoms with Gasteiger partial charge in [-0.3, -0.25) is 9.78 Å². The first kappa shape index (κ1) is 15.3. The Kier molecular flexibility index (Phi) is 5.54. The number of carbonyl (C=O) groups is 1. The summed E-state index contributed by atoms with van der Waals surface area (Å²) in [6.45, 7) is 0.382. The van der Waals surface area contributed by atoms with Crippen molar-refractivity contribution in [1.82, 2.24) is 4.98 Å². The van der Waals surface area contributed by atoms with Crippen LogP contribution in [0, 0.1) is 0 Å². The molecule has 3 N–H and O–H groups in total. The second kappa shape index (κ2) is 7.61. The van der Waals surface area contributed by atoms with Gasteiger partial charge in [0.15, 0.2) is 0 Å². The fraction of sp³-hybridized carbons (Fsp3) is 0.200. The molecule has 0 unspecified atom stereocenters. The number of benzene rings is 1. The largest absolute Gasteiger partial charge is 0.399 e.